The van der Waals surface area contributed by atoms with Crippen LogP contribution in [0.1, 0.15) is 36.9 Å². The van der Waals surface area contributed by atoms with Crippen molar-refractivity contribution in [3.8, 4) is 0 Å². The van der Waals surface area contributed by atoms with Crippen LogP contribution in [-0.4, -0.2) is 37.5 Å². The van der Waals surface area contributed by atoms with Crippen LogP contribution in [0.3, 0.4) is 0 Å². The van der Waals surface area contributed by atoms with Crippen molar-refractivity contribution in [3.05, 3.63) is 71.8 Å². The Hall–Kier alpha value is -2.08. The molecule has 1 fully saturated rings. The highest BCUT2D eigenvalue weighted by atomic mass is 32.2. The zero-order valence-corrected chi connectivity index (χ0v) is 18.0. The monoisotopic (exact) mass is 410 g/mol. The van der Waals surface area contributed by atoms with Gasteiger partial charge < -0.3 is 15.4 Å². The van der Waals surface area contributed by atoms with Gasteiger partial charge in [-0.05, 0) is 55.4 Å². The Labute approximate surface area is 178 Å². The second-order valence-electron chi connectivity index (χ2n) is 7.49. The van der Waals surface area contributed by atoms with E-state index in [2.05, 4.69) is 60.2 Å². The molecule has 0 radical (unpaired) electrons. The molecule has 1 aliphatic heterocycles. The van der Waals surface area contributed by atoms with E-state index in [0.29, 0.717) is 19.8 Å². The number of nitrogens with one attached hydrogen (secondary N) is 2. The normalized spacial score (nSPS) is 17.2. The Morgan fingerprint density at radius 1 is 1.14 bits per heavy atom. The van der Waals surface area contributed by atoms with Crippen molar-refractivity contribution in [1.82, 2.24) is 10.6 Å². The predicted octanol–water partition coefficient (Wildman–Crippen LogP) is 4.44. The van der Waals surface area contributed by atoms with Crippen LogP contribution in [0.25, 0.3) is 6.08 Å². The second-order valence-corrected chi connectivity index (χ2v) is 8.37. The standard InChI is InChI=1S/C24H30N2O2S/c1-19(21-6-4-3-5-7-21)26-24(14-16-28-17-15-24)18-25-23(27)13-10-20-8-11-22(29-2)12-9-20/h3-13,19,26H,14-18H2,1-2H3,(H,25,27)/b13-10+. The van der Waals surface area contributed by atoms with E-state index in [0.717, 1.165) is 18.4 Å². The van der Waals surface area contributed by atoms with Gasteiger partial charge in [0, 0.05) is 42.3 Å². The summed E-state index contributed by atoms with van der Waals surface area (Å²) in [5.41, 5.74) is 2.12. The molecule has 4 nitrogen and oxygen atoms in total. The summed E-state index contributed by atoms with van der Waals surface area (Å²) in [5.74, 6) is -0.0704. The maximum absolute atomic E-state index is 12.4. The third-order valence-corrected chi connectivity index (χ3v) is 6.16. The Morgan fingerprint density at radius 3 is 2.48 bits per heavy atom. The summed E-state index contributed by atoms with van der Waals surface area (Å²) in [4.78, 5) is 13.6. The fraction of sp³-hybridized carbons (Fsp3) is 0.375. The molecule has 1 amide bonds. The average Bonchev–Trinajstić information content (AvgIpc) is 2.78. The summed E-state index contributed by atoms with van der Waals surface area (Å²) < 4.78 is 5.57. The Bertz CT molecular complexity index is 799. The molecule has 1 heterocycles. The summed E-state index contributed by atoms with van der Waals surface area (Å²) in [7, 11) is 0. The molecule has 0 aromatic heterocycles. The van der Waals surface area contributed by atoms with Crippen LogP contribution in [0, 0.1) is 0 Å². The Balaban J connectivity index is 1.59. The maximum atomic E-state index is 12.4. The van der Waals surface area contributed by atoms with Crippen LogP contribution in [0.4, 0.5) is 0 Å². The number of carbonyl (C=O) groups excluding carboxylic acids is 1. The lowest BCUT2D eigenvalue weighted by Gasteiger charge is -2.40. The third-order valence-electron chi connectivity index (χ3n) is 5.42. The quantitative estimate of drug-likeness (QED) is 0.499. The topological polar surface area (TPSA) is 50.4 Å². The average molecular weight is 411 g/mol. The van der Waals surface area contributed by atoms with E-state index in [1.807, 2.05) is 24.3 Å². The van der Waals surface area contributed by atoms with Gasteiger partial charge in [-0.25, -0.2) is 0 Å². The molecular formula is C24H30N2O2S. The van der Waals surface area contributed by atoms with Crippen molar-refractivity contribution in [2.75, 3.05) is 26.0 Å². The van der Waals surface area contributed by atoms with E-state index in [9.17, 15) is 4.79 Å². The van der Waals surface area contributed by atoms with E-state index in [4.69, 9.17) is 4.74 Å². The fourth-order valence-electron chi connectivity index (χ4n) is 3.62. The molecule has 0 saturated carbocycles. The molecule has 1 saturated heterocycles. The van der Waals surface area contributed by atoms with Crippen molar-refractivity contribution in [2.45, 2.75) is 36.2 Å². The van der Waals surface area contributed by atoms with Gasteiger partial charge >= 0.3 is 0 Å². The molecule has 29 heavy (non-hydrogen) atoms. The highest BCUT2D eigenvalue weighted by Crippen LogP contribution is 2.25. The zero-order chi connectivity index (χ0) is 20.5. The van der Waals surface area contributed by atoms with Gasteiger partial charge in [-0.3, -0.25) is 4.79 Å². The lowest BCUT2D eigenvalue weighted by atomic mass is 9.88. The van der Waals surface area contributed by atoms with Crippen LogP contribution < -0.4 is 10.6 Å². The molecule has 0 aliphatic carbocycles. The highest BCUT2D eigenvalue weighted by Gasteiger charge is 2.34. The first-order valence-electron chi connectivity index (χ1n) is 10.1. The minimum absolute atomic E-state index is 0.0704. The molecule has 5 heteroatoms. The SMILES string of the molecule is CSc1ccc(/C=C/C(=O)NCC2(NC(C)c3ccccc3)CCOCC2)cc1. The van der Waals surface area contributed by atoms with Crippen molar-refractivity contribution in [1.29, 1.82) is 0 Å². The molecule has 3 rings (SSSR count). The molecule has 2 aromatic rings. The van der Waals surface area contributed by atoms with Gasteiger partial charge in [-0.15, -0.1) is 11.8 Å². The number of hydrogen-bond donors (Lipinski definition) is 2. The van der Waals surface area contributed by atoms with Crippen LogP contribution in [0.15, 0.2) is 65.6 Å². The summed E-state index contributed by atoms with van der Waals surface area (Å²) in [6.45, 7) is 4.18. The Kier molecular flexibility index (Phi) is 7.92. The molecule has 1 aliphatic rings. The lowest BCUT2D eigenvalue weighted by Crippen LogP contribution is -2.57. The number of benzene rings is 2. The molecular weight excluding hydrogens is 380 g/mol. The number of hydrogen-bond acceptors (Lipinski definition) is 4. The first kappa shape index (κ1) is 21.6. The first-order valence-corrected chi connectivity index (χ1v) is 11.3. The summed E-state index contributed by atoms with van der Waals surface area (Å²) in [5, 5.41) is 6.86. The van der Waals surface area contributed by atoms with Crippen molar-refractivity contribution in [3.63, 3.8) is 0 Å². The predicted molar refractivity (Wildman–Crippen MR) is 121 cm³/mol. The minimum Gasteiger partial charge on any atom is -0.381 e. The van der Waals surface area contributed by atoms with Crippen molar-refractivity contribution >= 4 is 23.7 Å². The largest absolute Gasteiger partial charge is 0.381 e. The Morgan fingerprint density at radius 2 is 1.83 bits per heavy atom. The van der Waals surface area contributed by atoms with Gasteiger partial charge in [0.05, 0.1) is 0 Å². The third kappa shape index (κ3) is 6.46. The summed E-state index contributed by atoms with van der Waals surface area (Å²) in [6, 6.07) is 18.8. The van der Waals surface area contributed by atoms with Gasteiger partial charge in [-0.1, -0.05) is 42.5 Å². The smallest absolute Gasteiger partial charge is 0.244 e. The number of amides is 1. The number of carbonyl (C=O) groups is 1. The zero-order valence-electron chi connectivity index (χ0n) is 17.2. The van der Waals surface area contributed by atoms with Crippen LogP contribution in [0.2, 0.25) is 0 Å². The van der Waals surface area contributed by atoms with Gasteiger partial charge in [0.2, 0.25) is 5.91 Å². The van der Waals surface area contributed by atoms with E-state index in [-0.39, 0.29) is 17.5 Å². The molecule has 2 N–H and O–H groups in total. The molecule has 1 atom stereocenters. The van der Waals surface area contributed by atoms with E-state index >= 15 is 0 Å². The van der Waals surface area contributed by atoms with E-state index in [1.165, 1.54) is 10.5 Å². The van der Waals surface area contributed by atoms with Crippen LogP contribution in [0.5, 0.6) is 0 Å². The minimum atomic E-state index is -0.156. The van der Waals surface area contributed by atoms with Gasteiger partial charge in [0.25, 0.3) is 0 Å². The van der Waals surface area contributed by atoms with E-state index in [1.54, 1.807) is 17.8 Å². The van der Waals surface area contributed by atoms with Crippen LogP contribution >= 0.6 is 11.8 Å². The second kappa shape index (κ2) is 10.6. The molecule has 2 aromatic carbocycles. The van der Waals surface area contributed by atoms with Gasteiger partial charge in [-0.2, -0.15) is 0 Å². The molecule has 0 bridgehead atoms. The lowest BCUT2D eigenvalue weighted by molar-refractivity contribution is -0.117. The fourth-order valence-corrected chi connectivity index (χ4v) is 4.03. The number of thioether (sulfide) groups is 1. The molecule has 154 valence electrons. The first-order chi connectivity index (χ1) is 14.1. The molecule has 1 unspecified atom stereocenters. The van der Waals surface area contributed by atoms with Gasteiger partial charge in [0.1, 0.15) is 0 Å². The highest BCUT2D eigenvalue weighted by molar-refractivity contribution is 7.98. The van der Waals surface area contributed by atoms with Crippen molar-refractivity contribution < 1.29 is 9.53 Å². The van der Waals surface area contributed by atoms with Crippen LogP contribution in [-0.2, 0) is 9.53 Å². The van der Waals surface area contributed by atoms with E-state index < -0.39 is 0 Å². The van der Waals surface area contributed by atoms with Crippen molar-refractivity contribution in [2.24, 2.45) is 0 Å². The number of ether oxygens (including phenoxy) is 1. The summed E-state index contributed by atoms with van der Waals surface area (Å²) in [6.07, 6.45) is 7.28. The number of rotatable bonds is 8. The summed E-state index contributed by atoms with van der Waals surface area (Å²) >= 11 is 1.71. The van der Waals surface area contributed by atoms with Gasteiger partial charge in [0.15, 0.2) is 0 Å². The molecule has 0 spiro atoms. The maximum Gasteiger partial charge on any atom is 0.244 e.